The van der Waals surface area contributed by atoms with Crippen LogP contribution in [0.1, 0.15) is 52.1 Å². The highest BCUT2D eigenvalue weighted by molar-refractivity contribution is 5.14. The molecular formula is C15H26N2O. The van der Waals surface area contributed by atoms with Crippen molar-refractivity contribution in [2.45, 2.75) is 64.8 Å². The Labute approximate surface area is 111 Å². The zero-order chi connectivity index (χ0) is 13.2. The van der Waals surface area contributed by atoms with E-state index >= 15 is 0 Å². The van der Waals surface area contributed by atoms with E-state index < -0.39 is 0 Å². The molecule has 18 heavy (non-hydrogen) atoms. The Bertz CT molecular complexity index is 384. The molecular weight excluding hydrogens is 224 g/mol. The van der Waals surface area contributed by atoms with Crippen molar-refractivity contribution in [3.63, 3.8) is 0 Å². The van der Waals surface area contributed by atoms with Crippen LogP contribution in [0.15, 0.2) is 18.5 Å². The Morgan fingerprint density at radius 1 is 1.56 bits per heavy atom. The maximum Gasteiger partial charge on any atom is 0.0762 e. The van der Waals surface area contributed by atoms with Gasteiger partial charge < -0.3 is 14.6 Å². The summed E-state index contributed by atoms with van der Waals surface area (Å²) in [4.78, 5) is 0. The summed E-state index contributed by atoms with van der Waals surface area (Å²) in [5, 5.41) is 3.44. The second-order valence-corrected chi connectivity index (χ2v) is 5.96. The molecule has 3 heteroatoms. The number of ether oxygens (including phenoxy) is 1. The first kappa shape index (κ1) is 13.6. The Hall–Kier alpha value is -0.800. The van der Waals surface area contributed by atoms with E-state index in [1.165, 1.54) is 18.4 Å². The molecule has 0 amide bonds. The van der Waals surface area contributed by atoms with Gasteiger partial charge in [-0.2, -0.15) is 0 Å². The Morgan fingerprint density at radius 2 is 2.33 bits per heavy atom. The quantitative estimate of drug-likeness (QED) is 0.869. The number of rotatable bonds is 5. The monoisotopic (exact) mass is 250 g/mol. The largest absolute Gasteiger partial charge is 0.370 e. The van der Waals surface area contributed by atoms with Crippen molar-refractivity contribution >= 4 is 0 Å². The molecule has 2 heterocycles. The molecule has 3 nitrogen and oxygen atoms in total. The van der Waals surface area contributed by atoms with Gasteiger partial charge in [-0.3, -0.25) is 0 Å². The SMILES string of the molecule is CCNC(C)c1ccn(CC2CCC(C)(C)O2)c1. The van der Waals surface area contributed by atoms with Gasteiger partial charge in [-0.15, -0.1) is 0 Å². The van der Waals surface area contributed by atoms with Crippen molar-refractivity contribution in [1.29, 1.82) is 0 Å². The molecule has 0 aromatic carbocycles. The summed E-state index contributed by atoms with van der Waals surface area (Å²) in [7, 11) is 0. The topological polar surface area (TPSA) is 26.2 Å². The van der Waals surface area contributed by atoms with Crippen LogP contribution in [0.3, 0.4) is 0 Å². The van der Waals surface area contributed by atoms with E-state index in [2.05, 4.69) is 56.0 Å². The molecule has 1 aromatic rings. The van der Waals surface area contributed by atoms with Gasteiger partial charge in [0.1, 0.15) is 0 Å². The second-order valence-electron chi connectivity index (χ2n) is 5.96. The summed E-state index contributed by atoms with van der Waals surface area (Å²) in [5.74, 6) is 0. The Kier molecular flexibility index (Phi) is 4.13. The smallest absolute Gasteiger partial charge is 0.0762 e. The lowest BCUT2D eigenvalue weighted by Crippen LogP contribution is -2.22. The fraction of sp³-hybridized carbons (Fsp3) is 0.733. The number of aromatic nitrogens is 1. The molecule has 1 aliphatic heterocycles. The predicted octanol–water partition coefficient (Wildman–Crippen LogP) is 3.12. The van der Waals surface area contributed by atoms with Crippen molar-refractivity contribution in [2.24, 2.45) is 0 Å². The van der Waals surface area contributed by atoms with Crippen molar-refractivity contribution in [2.75, 3.05) is 6.54 Å². The standard InChI is InChI=1S/C15H26N2O/c1-5-16-12(2)13-7-9-17(10-13)11-14-6-8-15(3,4)18-14/h7,9-10,12,14,16H,5-6,8,11H2,1-4H3. The zero-order valence-electron chi connectivity index (χ0n) is 12.1. The summed E-state index contributed by atoms with van der Waals surface area (Å²) in [6.45, 7) is 10.7. The van der Waals surface area contributed by atoms with Crippen LogP contribution in [0.5, 0.6) is 0 Å². The molecule has 1 N–H and O–H groups in total. The molecule has 1 fully saturated rings. The normalized spacial score (nSPS) is 24.3. The van der Waals surface area contributed by atoms with Crippen LogP contribution >= 0.6 is 0 Å². The molecule has 0 bridgehead atoms. The minimum atomic E-state index is 0.0672. The van der Waals surface area contributed by atoms with Gasteiger partial charge in [0.25, 0.3) is 0 Å². The molecule has 1 aromatic heterocycles. The average molecular weight is 250 g/mol. The molecule has 102 valence electrons. The van der Waals surface area contributed by atoms with Gasteiger partial charge in [0, 0.05) is 25.0 Å². The lowest BCUT2D eigenvalue weighted by molar-refractivity contribution is -0.0216. The molecule has 1 aliphatic rings. The Morgan fingerprint density at radius 3 is 2.94 bits per heavy atom. The molecule has 1 saturated heterocycles. The highest BCUT2D eigenvalue weighted by Gasteiger charge is 2.31. The van der Waals surface area contributed by atoms with Gasteiger partial charge in [-0.05, 0) is 51.8 Å². The average Bonchev–Trinajstić information content (AvgIpc) is 2.86. The molecule has 2 unspecified atom stereocenters. The van der Waals surface area contributed by atoms with Crippen molar-refractivity contribution in [3.05, 3.63) is 24.0 Å². The van der Waals surface area contributed by atoms with Crippen LogP contribution in [-0.4, -0.2) is 22.8 Å². The first-order valence-electron chi connectivity index (χ1n) is 7.07. The second kappa shape index (κ2) is 5.45. The van der Waals surface area contributed by atoms with E-state index in [1.807, 2.05) is 0 Å². The Balaban J connectivity index is 1.91. The maximum absolute atomic E-state index is 6.03. The lowest BCUT2D eigenvalue weighted by Gasteiger charge is -2.19. The van der Waals surface area contributed by atoms with Crippen molar-refractivity contribution < 1.29 is 4.74 Å². The molecule has 0 saturated carbocycles. The van der Waals surface area contributed by atoms with Gasteiger partial charge in [0.05, 0.1) is 11.7 Å². The molecule has 2 rings (SSSR count). The minimum absolute atomic E-state index is 0.0672. The minimum Gasteiger partial charge on any atom is -0.370 e. The third-order valence-electron chi connectivity index (χ3n) is 3.75. The van der Waals surface area contributed by atoms with Crippen molar-refractivity contribution in [3.8, 4) is 0 Å². The van der Waals surface area contributed by atoms with E-state index in [9.17, 15) is 0 Å². The lowest BCUT2D eigenvalue weighted by atomic mass is 10.1. The molecule has 0 spiro atoms. The zero-order valence-corrected chi connectivity index (χ0v) is 12.1. The molecule has 0 aliphatic carbocycles. The fourth-order valence-electron chi connectivity index (χ4n) is 2.69. The fourth-order valence-corrected chi connectivity index (χ4v) is 2.69. The summed E-state index contributed by atoms with van der Waals surface area (Å²) >= 11 is 0. The van der Waals surface area contributed by atoms with E-state index in [0.29, 0.717) is 12.1 Å². The number of hydrogen-bond donors (Lipinski definition) is 1. The van der Waals surface area contributed by atoms with Gasteiger partial charge in [-0.25, -0.2) is 0 Å². The van der Waals surface area contributed by atoms with Crippen molar-refractivity contribution in [1.82, 2.24) is 9.88 Å². The summed E-state index contributed by atoms with van der Waals surface area (Å²) in [6.07, 6.45) is 7.11. The van der Waals surface area contributed by atoms with Crippen LogP contribution in [0.4, 0.5) is 0 Å². The summed E-state index contributed by atoms with van der Waals surface area (Å²) in [6, 6.07) is 2.63. The van der Waals surface area contributed by atoms with Gasteiger partial charge in [0.2, 0.25) is 0 Å². The van der Waals surface area contributed by atoms with Crippen LogP contribution in [-0.2, 0) is 11.3 Å². The number of hydrogen-bond acceptors (Lipinski definition) is 2. The van der Waals surface area contributed by atoms with E-state index in [1.54, 1.807) is 0 Å². The van der Waals surface area contributed by atoms with Gasteiger partial charge >= 0.3 is 0 Å². The van der Waals surface area contributed by atoms with Gasteiger partial charge in [0.15, 0.2) is 0 Å². The summed E-state index contributed by atoms with van der Waals surface area (Å²) < 4.78 is 8.29. The highest BCUT2D eigenvalue weighted by Crippen LogP contribution is 2.30. The molecule has 0 radical (unpaired) electrons. The first-order chi connectivity index (χ1) is 8.50. The third-order valence-corrected chi connectivity index (χ3v) is 3.75. The van der Waals surface area contributed by atoms with Crippen LogP contribution in [0.2, 0.25) is 0 Å². The van der Waals surface area contributed by atoms with Crippen LogP contribution in [0.25, 0.3) is 0 Å². The molecule has 2 atom stereocenters. The van der Waals surface area contributed by atoms with Crippen LogP contribution in [0, 0.1) is 0 Å². The van der Waals surface area contributed by atoms with Crippen LogP contribution < -0.4 is 5.32 Å². The maximum atomic E-state index is 6.03. The van der Waals surface area contributed by atoms with Gasteiger partial charge in [-0.1, -0.05) is 6.92 Å². The van der Waals surface area contributed by atoms with E-state index in [0.717, 1.165) is 13.1 Å². The predicted molar refractivity (Wildman–Crippen MR) is 74.7 cm³/mol. The third kappa shape index (κ3) is 3.36. The number of nitrogens with one attached hydrogen (secondary N) is 1. The number of nitrogens with zero attached hydrogens (tertiary/aromatic N) is 1. The summed E-state index contributed by atoms with van der Waals surface area (Å²) in [5.41, 5.74) is 1.42. The highest BCUT2D eigenvalue weighted by atomic mass is 16.5. The van der Waals surface area contributed by atoms with E-state index in [4.69, 9.17) is 4.74 Å². The van der Waals surface area contributed by atoms with E-state index in [-0.39, 0.29) is 5.60 Å². The first-order valence-corrected chi connectivity index (χ1v) is 7.07.